The first-order chi connectivity index (χ1) is 8.00. The average Bonchev–Trinajstić information content (AvgIpc) is 2.56. The monoisotopic (exact) mass is 251 g/mol. The van der Waals surface area contributed by atoms with Crippen molar-refractivity contribution in [3.63, 3.8) is 0 Å². The van der Waals surface area contributed by atoms with Crippen molar-refractivity contribution in [1.29, 1.82) is 0 Å². The van der Waals surface area contributed by atoms with Crippen molar-refractivity contribution >= 4 is 10.8 Å². The second-order valence-corrected chi connectivity index (χ2v) is 7.26. The van der Waals surface area contributed by atoms with Gasteiger partial charge in [-0.15, -0.1) is 0 Å². The number of hydrogen-bond acceptors (Lipinski definition) is 2. The fourth-order valence-electron chi connectivity index (χ4n) is 2.50. The maximum absolute atomic E-state index is 12.3. The van der Waals surface area contributed by atoms with E-state index in [1.807, 2.05) is 30.3 Å². The summed E-state index contributed by atoms with van der Waals surface area (Å²) in [5.74, 6) is 0.634. The Kier molecular flexibility index (Phi) is 3.69. The van der Waals surface area contributed by atoms with E-state index in [0.29, 0.717) is 5.75 Å². The van der Waals surface area contributed by atoms with Gasteiger partial charge in [-0.2, -0.15) is 0 Å². The highest BCUT2D eigenvalue weighted by Crippen LogP contribution is 2.38. The zero-order valence-electron chi connectivity index (χ0n) is 10.6. The molecular formula is C14H21NOS. The minimum Gasteiger partial charge on any atom is -0.326 e. The van der Waals surface area contributed by atoms with E-state index in [-0.39, 0.29) is 16.7 Å². The number of benzene rings is 1. The molecule has 0 bridgehead atoms. The lowest BCUT2D eigenvalue weighted by atomic mass is 9.88. The van der Waals surface area contributed by atoms with Gasteiger partial charge in [-0.1, -0.05) is 44.2 Å². The summed E-state index contributed by atoms with van der Waals surface area (Å²) in [6.07, 6.45) is 2.08. The predicted octanol–water partition coefficient (Wildman–Crippen LogP) is 2.45. The minimum absolute atomic E-state index is 0.0621. The molecule has 1 aromatic carbocycles. The van der Waals surface area contributed by atoms with Gasteiger partial charge in [0.25, 0.3) is 0 Å². The Morgan fingerprint density at radius 1 is 1.35 bits per heavy atom. The molecule has 1 saturated carbocycles. The molecule has 1 fully saturated rings. The summed E-state index contributed by atoms with van der Waals surface area (Å²) in [5.41, 5.74) is 7.50. The third-order valence-corrected chi connectivity index (χ3v) is 5.69. The van der Waals surface area contributed by atoms with Crippen LogP contribution in [0.5, 0.6) is 0 Å². The zero-order chi connectivity index (χ0) is 12.5. The molecule has 3 unspecified atom stereocenters. The molecule has 0 aliphatic heterocycles. The van der Waals surface area contributed by atoms with Crippen molar-refractivity contribution in [3.05, 3.63) is 35.9 Å². The molecule has 0 aromatic heterocycles. The first-order valence-electron chi connectivity index (χ1n) is 6.17. The normalized spacial score (nSPS) is 29.1. The topological polar surface area (TPSA) is 43.1 Å². The lowest BCUT2D eigenvalue weighted by molar-refractivity contribution is 0.333. The highest BCUT2D eigenvalue weighted by molar-refractivity contribution is 7.84. The maximum atomic E-state index is 12.3. The van der Waals surface area contributed by atoms with Gasteiger partial charge in [-0.3, -0.25) is 4.21 Å². The van der Waals surface area contributed by atoms with E-state index >= 15 is 0 Å². The summed E-state index contributed by atoms with van der Waals surface area (Å²) in [5, 5.41) is 0.158. The molecule has 3 atom stereocenters. The SMILES string of the molecule is CC1(C)CCC(S(=O)Cc2ccccc2)C1N. The maximum Gasteiger partial charge on any atom is 0.0507 e. The van der Waals surface area contributed by atoms with Gasteiger partial charge in [0.15, 0.2) is 0 Å². The average molecular weight is 251 g/mol. The van der Waals surface area contributed by atoms with Crippen molar-refractivity contribution < 1.29 is 4.21 Å². The molecule has 0 amide bonds. The molecular weight excluding hydrogens is 230 g/mol. The summed E-state index contributed by atoms with van der Waals surface area (Å²) in [7, 11) is -0.848. The van der Waals surface area contributed by atoms with Crippen LogP contribution < -0.4 is 5.73 Å². The van der Waals surface area contributed by atoms with E-state index in [9.17, 15) is 4.21 Å². The molecule has 2 N–H and O–H groups in total. The van der Waals surface area contributed by atoms with Gasteiger partial charge in [0.2, 0.25) is 0 Å². The molecule has 1 aliphatic rings. The molecule has 1 aliphatic carbocycles. The minimum atomic E-state index is -0.848. The van der Waals surface area contributed by atoms with Gasteiger partial charge in [0.05, 0.1) is 5.25 Å². The van der Waals surface area contributed by atoms with Crippen molar-refractivity contribution in [3.8, 4) is 0 Å². The Hall–Kier alpha value is -0.670. The number of rotatable bonds is 3. The van der Waals surface area contributed by atoms with Gasteiger partial charge in [-0.25, -0.2) is 0 Å². The highest BCUT2D eigenvalue weighted by atomic mass is 32.2. The molecule has 3 heteroatoms. The van der Waals surface area contributed by atoms with Crippen molar-refractivity contribution in [2.75, 3.05) is 0 Å². The van der Waals surface area contributed by atoms with Crippen LogP contribution in [0.15, 0.2) is 30.3 Å². The van der Waals surface area contributed by atoms with Crippen LogP contribution in [0.4, 0.5) is 0 Å². The molecule has 17 heavy (non-hydrogen) atoms. The standard InChI is InChI=1S/C14H21NOS/c1-14(2)9-8-12(13(14)15)17(16)10-11-6-4-3-5-7-11/h3-7,12-13H,8-10,15H2,1-2H3. The highest BCUT2D eigenvalue weighted by Gasteiger charge is 2.42. The van der Waals surface area contributed by atoms with Crippen molar-refractivity contribution in [1.82, 2.24) is 0 Å². The van der Waals surface area contributed by atoms with Crippen LogP contribution in [0, 0.1) is 5.41 Å². The van der Waals surface area contributed by atoms with Crippen LogP contribution in [0.2, 0.25) is 0 Å². The van der Waals surface area contributed by atoms with Crippen LogP contribution in [-0.2, 0) is 16.6 Å². The first-order valence-corrected chi connectivity index (χ1v) is 7.55. The van der Waals surface area contributed by atoms with Crippen LogP contribution in [-0.4, -0.2) is 15.5 Å². The van der Waals surface area contributed by atoms with Crippen LogP contribution in [0.3, 0.4) is 0 Å². The quantitative estimate of drug-likeness (QED) is 0.896. The number of hydrogen-bond donors (Lipinski definition) is 1. The zero-order valence-corrected chi connectivity index (χ0v) is 11.4. The van der Waals surface area contributed by atoms with Gasteiger partial charge in [-0.05, 0) is 23.8 Å². The summed E-state index contributed by atoms with van der Waals surface area (Å²) in [4.78, 5) is 0. The Morgan fingerprint density at radius 2 is 2.00 bits per heavy atom. The molecule has 94 valence electrons. The third kappa shape index (κ3) is 2.78. The molecule has 2 rings (SSSR count). The van der Waals surface area contributed by atoms with Crippen molar-refractivity contribution in [2.45, 2.75) is 43.7 Å². The van der Waals surface area contributed by atoms with Gasteiger partial charge >= 0.3 is 0 Å². The second kappa shape index (κ2) is 4.91. The molecule has 0 radical (unpaired) electrons. The summed E-state index contributed by atoms with van der Waals surface area (Å²) in [6.45, 7) is 4.36. The largest absolute Gasteiger partial charge is 0.326 e. The van der Waals surface area contributed by atoms with Gasteiger partial charge < -0.3 is 5.73 Å². The van der Waals surface area contributed by atoms with Crippen molar-refractivity contribution in [2.24, 2.45) is 11.1 Å². The predicted molar refractivity (Wildman–Crippen MR) is 73.1 cm³/mol. The van der Waals surface area contributed by atoms with Gasteiger partial charge in [0, 0.05) is 22.6 Å². The Bertz CT molecular complexity index is 402. The number of nitrogens with two attached hydrogens (primary N) is 1. The van der Waals surface area contributed by atoms with E-state index in [4.69, 9.17) is 5.73 Å². The lowest BCUT2D eigenvalue weighted by Crippen LogP contribution is -2.42. The fourth-order valence-corrected chi connectivity index (χ4v) is 4.32. The molecule has 0 heterocycles. The van der Waals surface area contributed by atoms with Crippen LogP contribution in [0.25, 0.3) is 0 Å². The van der Waals surface area contributed by atoms with E-state index in [2.05, 4.69) is 13.8 Å². The van der Waals surface area contributed by atoms with Gasteiger partial charge in [0.1, 0.15) is 0 Å². The fraction of sp³-hybridized carbons (Fsp3) is 0.571. The summed E-state index contributed by atoms with van der Waals surface area (Å²) < 4.78 is 12.3. The van der Waals surface area contributed by atoms with Crippen LogP contribution >= 0.6 is 0 Å². The van der Waals surface area contributed by atoms with E-state index < -0.39 is 10.8 Å². The molecule has 0 spiro atoms. The summed E-state index contributed by atoms with van der Waals surface area (Å²) >= 11 is 0. The lowest BCUT2D eigenvalue weighted by Gasteiger charge is -2.26. The summed E-state index contributed by atoms with van der Waals surface area (Å²) in [6, 6.07) is 10.1. The van der Waals surface area contributed by atoms with E-state index in [0.717, 1.165) is 18.4 Å². The Morgan fingerprint density at radius 3 is 2.53 bits per heavy atom. The Labute approximate surface area is 106 Å². The van der Waals surface area contributed by atoms with E-state index in [1.165, 1.54) is 0 Å². The third-order valence-electron chi connectivity index (χ3n) is 3.87. The molecule has 0 saturated heterocycles. The molecule has 1 aromatic rings. The first kappa shape index (κ1) is 12.8. The second-order valence-electron chi connectivity index (χ2n) is 5.60. The van der Waals surface area contributed by atoms with E-state index in [1.54, 1.807) is 0 Å². The smallest absolute Gasteiger partial charge is 0.0507 e. The molecule has 2 nitrogen and oxygen atoms in total. The van der Waals surface area contributed by atoms with Crippen LogP contribution in [0.1, 0.15) is 32.3 Å². The Balaban J connectivity index is 2.03.